The predicted octanol–water partition coefficient (Wildman–Crippen LogP) is 6.01. The van der Waals surface area contributed by atoms with Gasteiger partial charge in [0.25, 0.3) is 23.6 Å². The molecule has 2 aliphatic rings. The van der Waals surface area contributed by atoms with Crippen LogP contribution in [-0.4, -0.2) is 84.6 Å². The Kier molecular flexibility index (Phi) is 15.6. The first-order valence-corrected chi connectivity index (χ1v) is 21.0. The molecule has 0 fully saturated rings. The van der Waals surface area contributed by atoms with Gasteiger partial charge in [-0.3, -0.25) is 24.0 Å². The zero-order valence-corrected chi connectivity index (χ0v) is 37.1. The highest BCUT2D eigenvalue weighted by atomic mass is 35.5. The molecule has 8 rings (SSSR count). The number of nitrogen functional groups attached to an aromatic ring is 1. The highest BCUT2D eigenvalue weighted by Gasteiger charge is 2.33. The van der Waals surface area contributed by atoms with Crippen molar-refractivity contribution in [1.29, 1.82) is 0 Å². The van der Waals surface area contributed by atoms with Crippen molar-refractivity contribution in [3.8, 4) is 11.5 Å². The standard InChI is InChI=1S/C23H22N4O5.C21H20N4O4.C3H7Cl/c1-14(28)24-16-8-9-21-20(11-16)27(2)23(30)19(13-31-21)25-22(29)18-12-17(32-26-18)10-15-6-4-3-5-7-15;1-25-18-10-14(22)7-8-19(18)28-12-17(21(25)27)23-20(26)16-11-15(29-24-16)9-13-5-3-2-4-6-13;1-3(2)4/h3-9,11-12,19H,10,13H2,1-2H3,(H,24,28)(H,25,29);2-8,10-11,17H,9,12,22H2,1H3,(H,23,26);3H,1-2H3/t19-;17-;/m00./s1. The van der Waals surface area contributed by atoms with Gasteiger partial charge in [-0.05, 0) is 61.4 Å². The fourth-order valence-electron chi connectivity index (χ4n) is 6.57. The smallest absolute Gasteiger partial charge is 0.274 e. The molecule has 0 unspecified atom stereocenters. The number of nitrogens with one attached hydrogen (secondary N) is 3. The van der Waals surface area contributed by atoms with Gasteiger partial charge < -0.3 is 50.0 Å². The van der Waals surface area contributed by atoms with Crippen LogP contribution in [0.25, 0.3) is 0 Å². The van der Waals surface area contributed by atoms with Crippen LogP contribution in [0.1, 0.15) is 64.4 Å². The summed E-state index contributed by atoms with van der Waals surface area (Å²) in [5.74, 6) is 0.169. The van der Waals surface area contributed by atoms with Crippen LogP contribution in [0.2, 0.25) is 0 Å². The van der Waals surface area contributed by atoms with Crippen LogP contribution in [0.4, 0.5) is 22.7 Å². The van der Waals surface area contributed by atoms with Gasteiger partial charge in [0.05, 0.1) is 11.4 Å². The fraction of sp³-hybridized carbons (Fsp3) is 0.255. The number of fused-ring (bicyclic) bond motifs is 2. The molecule has 0 spiro atoms. The number of carbonyl (C=O) groups is 5. The lowest BCUT2D eigenvalue weighted by molar-refractivity contribution is -0.121. The monoisotopic (exact) mass is 904 g/mol. The van der Waals surface area contributed by atoms with E-state index >= 15 is 0 Å². The van der Waals surface area contributed by atoms with E-state index in [9.17, 15) is 24.0 Å². The van der Waals surface area contributed by atoms with Crippen LogP contribution in [0.15, 0.2) is 118 Å². The first-order valence-electron chi connectivity index (χ1n) is 20.5. The number of nitrogens with two attached hydrogens (primary N) is 1. The molecule has 6 aromatic rings. The second-order valence-electron chi connectivity index (χ2n) is 15.3. The van der Waals surface area contributed by atoms with Gasteiger partial charge >= 0.3 is 0 Å². The summed E-state index contributed by atoms with van der Waals surface area (Å²) in [4.78, 5) is 65.1. The lowest BCUT2D eigenvalue weighted by Crippen LogP contribution is -2.49. The summed E-state index contributed by atoms with van der Waals surface area (Å²) in [6, 6.07) is 30.8. The summed E-state index contributed by atoms with van der Waals surface area (Å²) in [7, 11) is 3.20. The molecule has 0 bridgehead atoms. The summed E-state index contributed by atoms with van der Waals surface area (Å²) >= 11 is 5.27. The molecule has 2 aliphatic heterocycles. The highest BCUT2D eigenvalue weighted by Crippen LogP contribution is 2.34. The van der Waals surface area contributed by atoms with Crippen LogP contribution in [0.5, 0.6) is 11.5 Å². The van der Waals surface area contributed by atoms with Gasteiger partial charge in [0.15, 0.2) is 11.4 Å². The van der Waals surface area contributed by atoms with E-state index in [4.69, 9.17) is 35.9 Å². The van der Waals surface area contributed by atoms with Gasteiger partial charge in [-0.1, -0.05) is 71.0 Å². The first-order chi connectivity index (χ1) is 31.1. The molecule has 0 saturated carbocycles. The second kappa shape index (κ2) is 21.6. The van der Waals surface area contributed by atoms with Gasteiger partial charge in [-0.15, -0.1) is 11.6 Å². The molecule has 4 aromatic carbocycles. The number of halogens is 1. The van der Waals surface area contributed by atoms with E-state index in [-0.39, 0.29) is 42.3 Å². The molecule has 5 N–H and O–H groups in total. The maximum atomic E-state index is 13.0. The number of likely N-dealkylation sites (N-methyl/N-ethyl adjacent to an activating group) is 2. The summed E-state index contributed by atoms with van der Waals surface area (Å²) in [5, 5.41) is 16.0. The number of carbonyl (C=O) groups excluding carboxylic acids is 5. The molecule has 2 atom stereocenters. The molecule has 4 heterocycles. The number of alkyl halides is 1. The Labute approximate surface area is 380 Å². The van der Waals surface area contributed by atoms with E-state index in [2.05, 4.69) is 26.3 Å². The Morgan fingerprint density at radius 3 is 1.57 bits per heavy atom. The maximum absolute atomic E-state index is 13.0. The molecule has 18 heteroatoms. The Morgan fingerprint density at radius 1 is 0.692 bits per heavy atom. The molecule has 5 amide bonds. The zero-order valence-electron chi connectivity index (χ0n) is 36.4. The summed E-state index contributed by atoms with van der Waals surface area (Å²) in [5.41, 5.74) is 10.2. The summed E-state index contributed by atoms with van der Waals surface area (Å²) < 4.78 is 22.0. The second-order valence-corrected chi connectivity index (χ2v) is 16.1. The minimum atomic E-state index is -0.918. The maximum Gasteiger partial charge on any atom is 0.274 e. The van der Waals surface area contributed by atoms with Crippen molar-refractivity contribution in [1.82, 2.24) is 20.9 Å². The van der Waals surface area contributed by atoms with Crippen LogP contribution >= 0.6 is 11.6 Å². The number of benzene rings is 4. The number of ether oxygens (including phenoxy) is 2. The Morgan fingerprint density at radius 2 is 1.12 bits per heavy atom. The Bertz CT molecular complexity index is 2620. The van der Waals surface area contributed by atoms with Crippen LogP contribution in [-0.2, 0) is 27.2 Å². The van der Waals surface area contributed by atoms with E-state index in [1.165, 1.54) is 16.7 Å². The van der Waals surface area contributed by atoms with E-state index < -0.39 is 23.9 Å². The number of aromatic nitrogens is 2. The predicted molar refractivity (Wildman–Crippen MR) is 244 cm³/mol. The molecule has 17 nitrogen and oxygen atoms in total. The van der Waals surface area contributed by atoms with Gasteiger partial charge in [-0.25, -0.2) is 0 Å². The van der Waals surface area contributed by atoms with Crippen molar-refractivity contribution in [2.75, 3.05) is 48.2 Å². The average Bonchev–Trinajstić information content (AvgIpc) is 3.92. The highest BCUT2D eigenvalue weighted by molar-refractivity contribution is 6.20. The topological polar surface area (TPSA) is 224 Å². The molecule has 0 saturated heterocycles. The third kappa shape index (κ3) is 12.7. The summed E-state index contributed by atoms with van der Waals surface area (Å²) in [6.45, 7) is 5.22. The van der Waals surface area contributed by atoms with Crippen molar-refractivity contribution in [3.63, 3.8) is 0 Å². The third-order valence-electron chi connectivity index (χ3n) is 9.69. The molecular formula is C47H49ClN8O9. The van der Waals surface area contributed by atoms with Crippen molar-refractivity contribution < 1.29 is 42.5 Å². The quantitative estimate of drug-likeness (QED) is 0.0967. The molecule has 65 heavy (non-hydrogen) atoms. The molecule has 2 aromatic heterocycles. The minimum Gasteiger partial charge on any atom is -0.489 e. The van der Waals surface area contributed by atoms with Crippen molar-refractivity contribution >= 4 is 63.9 Å². The van der Waals surface area contributed by atoms with Crippen molar-refractivity contribution in [2.24, 2.45) is 0 Å². The number of nitrogens with zero attached hydrogens (tertiary/aromatic N) is 4. The van der Waals surface area contributed by atoms with Crippen LogP contribution in [0, 0.1) is 0 Å². The molecular weight excluding hydrogens is 856 g/mol. The van der Waals surface area contributed by atoms with Gasteiger partial charge in [-0.2, -0.15) is 0 Å². The molecule has 338 valence electrons. The fourth-order valence-corrected chi connectivity index (χ4v) is 6.57. The normalized spacial score (nSPS) is 15.2. The molecule has 0 radical (unpaired) electrons. The number of amides is 5. The summed E-state index contributed by atoms with van der Waals surface area (Å²) in [6.07, 6.45) is 1.02. The van der Waals surface area contributed by atoms with Gasteiger partial charge in [0.2, 0.25) is 5.91 Å². The van der Waals surface area contributed by atoms with E-state index in [1.54, 1.807) is 62.6 Å². The van der Waals surface area contributed by atoms with Crippen molar-refractivity contribution in [2.45, 2.75) is 51.1 Å². The number of anilines is 4. The minimum absolute atomic E-state index is 0.000551. The lowest BCUT2D eigenvalue weighted by Gasteiger charge is -2.20. The van der Waals surface area contributed by atoms with E-state index in [0.717, 1.165) is 11.1 Å². The Balaban J connectivity index is 0.000000200. The largest absolute Gasteiger partial charge is 0.489 e. The number of hydrogen-bond acceptors (Lipinski definition) is 12. The average molecular weight is 905 g/mol. The number of hydrogen-bond donors (Lipinski definition) is 4. The zero-order chi connectivity index (χ0) is 46.6. The lowest BCUT2D eigenvalue weighted by atomic mass is 10.1. The van der Waals surface area contributed by atoms with Gasteiger partial charge in [0, 0.05) is 62.7 Å². The van der Waals surface area contributed by atoms with Crippen molar-refractivity contribution in [3.05, 3.63) is 143 Å². The Hall–Kier alpha value is -7.66. The van der Waals surface area contributed by atoms with E-state index in [0.29, 0.717) is 64.0 Å². The SMILES string of the molecule is CC(=O)Nc1ccc2c(c1)N(C)C(=O)[C@@H](NC(=O)c1cc(Cc3ccccc3)on1)CO2.CC(C)Cl.CN1C(=O)[C@@H](NC(=O)c2cc(Cc3ccccc3)on2)COc2ccc(N)cc21. The third-order valence-corrected chi connectivity index (χ3v) is 9.69. The first kappa shape index (κ1) is 46.8. The molecule has 0 aliphatic carbocycles. The van der Waals surface area contributed by atoms with Crippen LogP contribution < -0.4 is 41.0 Å². The van der Waals surface area contributed by atoms with E-state index in [1.807, 2.05) is 74.5 Å². The number of rotatable bonds is 9. The van der Waals surface area contributed by atoms with Gasteiger partial charge in [0.1, 0.15) is 48.3 Å². The van der Waals surface area contributed by atoms with Crippen LogP contribution in [0.3, 0.4) is 0 Å².